The highest BCUT2D eigenvalue weighted by Crippen LogP contribution is 2.47. The first kappa shape index (κ1) is 28.1. The Morgan fingerprint density at radius 1 is 0.949 bits per heavy atom. The summed E-state index contributed by atoms with van der Waals surface area (Å²) in [5.41, 5.74) is 5.66. The number of phenols is 2. The van der Waals surface area contributed by atoms with Gasteiger partial charge in [0.25, 0.3) is 0 Å². The van der Waals surface area contributed by atoms with Gasteiger partial charge < -0.3 is 36.6 Å². The minimum absolute atomic E-state index is 0.0232. The third-order valence-corrected chi connectivity index (χ3v) is 7.26. The fourth-order valence-corrected chi connectivity index (χ4v) is 5.24. The van der Waals surface area contributed by atoms with Crippen LogP contribution >= 0.6 is 0 Å². The second-order valence-corrected chi connectivity index (χ2v) is 9.69. The van der Waals surface area contributed by atoms with Crippen LogP contribution in [0.25, 0.3) is 0 Å². The third-order valence-electron chi connectivity index (χ3n) is 7.26. The number of nitrogens with one attached hydrogen (secondary N) is 3. The highest BCUT2D eigenvalue weighted by Gasteiger charge is 2.41. The Morgan fingerprint density at radius 3 is 2.31 bits per heavy atom. The van der Waals surface area contributed by atoms with Crippen LogP contribution in [0.5, 0.6) is 17.2 Å². The predicted molar refractivity (Wildman–Crippen MR) is 142 cm³/mol. The highest BCUT2D eigenvalue weighted by molar-refractivity contribution is 6.31. The first-order valence-electron chi connectivity index (χ1n) is 13.1. The van der Waals surface area contributed by atoms with Gasteiger partial charge in [0.05, 0.1) is 30.3 Å². The van der Waals surface area contributed by atoms with Crippen molar-refractivity contribution in [2.75, 3.05) is 39.8 Å². The van der Waals surface area contributed by atoms with E-state index in [1.54, 1.807) is 12.1 Å². The maximum atomic E-state index is 13.4. The van der Waals surface area contributed by atoms with E-state index in [0.29, 0.717) is 43.6 Å². The van der Waals surface area contributed by atoms with E-state index >= 15 is 0 Å². The van der Waals surface area contributed by atoms with Crippen LogP contribution < -0.4 is 26.4 Å². The molecule has 7 N–H and O–H groups in total. The molecular formula is C28H34N4O7. The third kappa shape index (κ3) is 5.59. The molecule has 0 spiro atoms. The van der Waals surface area contributed by atoms with Crippen molar-refractivity contribution in [2.45, 2.75) is 32.1 Å². The van der Waals surface area contributed by atoms with Gasteiger partial charge in [0.15, 0.2) is 5.78 Å². The van der Waals surface area contributed by atoms with E-state index in [1.165, 1.54) is 13.2 Å². The lowest BCUT2D eigenvalue weighted by molar-refractivity contribution is -0.125. The summed E-state index contributed by atoms with van der Waals surface area (Å²) in [7, 11) is 1.39. The van der Waals surface area contributed by atoms with Crippen LogP contribution in [0, 0.1) is 5.92 Å². The molecule has 11 heteroatoms. The fourth-order valence-electron chi connectivity index (χ4n) is 5.24. The number of carbonyl (C=O) groups excluding carboxylic acids is 4. The average Bonchev–Trinajstić information content (AvgIpc) is 2.95. The molecule has 208 valence electrons. The van der Waals surface area contributed by atoms with E-state index in [2.05, 4.69) is 16.0 Å². The van der Waals surface area contributed by atoms with Gasteiger partial charge in [-0.1, -0.05) is 12.1 Å². The summed E-state index contributed by atoms with van der Waals surface area (Å²) in [4.78, 5) is 50.6. The summed E-state index contributed by atoms with van der Waals surface area (Å²) in [6.45, 7) is 2.41. The second kappa shape index (κ2) is 12.3. The molecule has 0 heterocycles. The predicted octanol–water partition coefficient (Wildman–Crippen LogP) is 0.548. The first-order chi connectivity index (χ1) is 18.8. The molecule has 2 aromatic rings. The molecule has 0 saturated heterocycles. The summed E-state index contributed by atoms with van der Waals surface area (Å²) in [5, 5.41) is 31.1. The number of hydrogen-bond acceptors (Lipinski definition) is 9. The molecule has 0 aliphatic heterocycles. The largest absolute Gasteiger partial charge is 0.507 e. The minimum atomic E-state index is -0.582. The Balaban J connectivity index is 1.38. The number of phenolic OH excluding ortho intramolecular Hbond substituents is 2. The summed E-state index contributed by atoms with van der Waals surface area (Å²) >= 11 is 0. The molecule has 0 aromatic heterocycles. The van der Waals surface area contributed by atoms with Crippen LogP contribution in [0.3, 0.4) is 0 Å². The highest BCUT2D eigenvalue weighted by atomic mass is 16.5. The molecule has 11 nitrogen and oxygen atoms in total. The van der Waals surface area contributed by atoms with Gasteiger partial charge >= 0.3 is 0 Å². The first-order valence-corrected chi connectivity index (χ1v) is 13.1. The number of ketones is 2. The van der Waals surface area contributed by atoms with Crippen molar-refractivity contribution in [2.24, 2.45) is 11.7 Å². The SMILES string of the molecule is COc1cccc2c1C(=O)c1c(O)c3c(c(O)c1C2=O)CC(C(=O)NCCCNCCCNC(=O)CN)CC3. The van der Waals surface area contributed by atoms with Gasteiger partial charge in [0.1, 0.15) is 17.2 Å². The van der Waals surface area contributed by atoms with Crippen molar-refractivity contribution in [1.29, 1.82) is 0 Å². The molecule has 4 rings (SSSR count). The number of benzene rings is 2. The van der Waals surface area contributed by atoms with E-state index in [9.17, 15) is 29.4 Å². The van der Waals surface area contributed by atoms with Crippen LogP contribution in [0.2, 0.25) is 0 Å². The monoisotopic (exact) mass is 538 g/mol. The van der Waals surface area contributed by atoms with Gasteiger partial charge in [0.2, 0.25) is 17.6 Å². The Morgan fingerprint density at radius 2 is 1.62 bits per heavy atom. The van der Waals surface area contributed by atoms with Crippen molar-refractivity contribution < 1.29 is 34.1 Å². The molecule has 1 atom stereocenters. The van der Waals surface area contributed by atoms with Crippen LogP contribution in [0.4, 0.5) is 0 Å². The van der Waals surface area contributed by atoms with Gasteiger partial charge in [-0.2, -0.15) is 0 Å². The van der Waals surface area contributed by atoms with Gasteiger partial charge in [-0.25, -0.2) is 0 Å². The van der Waals surface area contributed by atoms with Crippen molar-refractivity contribution in [1.82, 2.24) is 16.0 Å². The number of methoxy groups -OCH3 is 1. The number of carbonyl (C=O) groups is 4. The van der Waals surface area contributed by atoms with Gasteiger partial charge in [-0.05, 0) is 51.3 Å². The van der Waals surface area contributed by atoms with Crippen LogP contribution in [0.1, 0.15) is 62.2 Å². The lowest BCUT2D eigenvalue weighted by Gasteiger charge is -2.29. The molecular weight excluding hydrogens is 504 g/mol. The molecule has 0 saturated carbocycles. The van der Waals surface area contributed by atoms with Crippen LogP contribution in [-0.4, -0.2) is 73.4 Å². The Bertz CT molecular complexity index is 1310. The standard InChI is InChI=1S/C28H34N4O7/c1-39-19-6-2-5-17-21(19)27(37)23-22(25(17)35)26(36)18-13-15(7-8-16(18)24(23)34)28(38)32-12-4-10-30-9-3-11-31-20(33)14-29/h2,5-6,15,30,34,36H,3-4,7-14,29H2,1H3,(H,31,33)(H,32,38). The minimum Gasteiger partial charge on any atom is -0.507 e. The van der Waals surface area contributed by atoms with Crippen molar-refractivity contribution in [3.05, 3.63) is 51.6 Å². The van der Waals surface area contributed by atoms with E-state index in [-0.39, 0.29) is 70.7 Å². The number of aromatic hydroxyl groups is 2. The zero-order valence-corrected chi connectivity index (χ0v) is 21.9. The molecule has 0 bridgehead atoms. The number of rotatable bonds is 11. The zero-order chi connectivity index (χ0) is 28.1. The maximum absolute atomic E-state index is 13.4. The summed E-state index contributed by atoms with van der Waals surface area (Å²) < 4.78 is 5.27. The Labute approximate surface area is 226 Å². The van der Waals surface area contributed by atoms with Gasteiger partial charge in [0, 0.05) is 35.7 Å². The van der Waals surface area contributed by atoms with E-state index in [1.807, 2.05) is 0 Å². The van der Waals surface area contributed by atoms with Crippen molar-refractivity contribution in [3.8, 4) is 17.2 Å². The summed E-state index contributed by atoms with van der Waals surface area (Å²) in [5.74, 6) is -2.40. The second-order valence-electron chi connectivity index (χ2n) is 9.69. The van der Waals surface area contributed by atoms with Gasteiger partial charge in [-0.3, -0.25) is 19.2 Å². The van der Waals surface area contributed by atoms with E-state index in [4.69, 9.17) is 10.5 Å². The molecule has 0 radical (unpaired) electrons. The average molecular weight is 539 g/mol. The molecule has 2 aromatic carbocycles. The number of fused-ring (bicyclic) bond motifs is 3. The lowest BCUT2D eigenvalue weighted by atomic mass is 9.75. The number of hydrogen-bond donors (Lipinski definition) is 6. The normalized spacial score (nSPS) is 15.7. The number of ether oxygens (including phenoxy) is 1. The maximum Gasteiger partial charge on any atom is 0.233 e. The fraction of sp³-hybridized carbons (Fsp3) is 0.429. The topological polar surface area (TPSA) is 180 Å². The van der Waals surface area contributed by atoms with E-state index in [0.717, 1.165) is 13.0 Å². The van der Waals surface area contributed by atoms with Crippen LogP contribution in [-0.2, 0) is 22.4 Å². The Hall–Kier alpha value is -3.96. The van der Waals surface area contributed by atoms with E-state index < -0.39 is 17.5 Å². The molecule has 0 fully saturated rings. The smallest absolute Gasteiger partial charge is 0.233 e. The quantitative estimate of drug-likeness (QED) is 0.150. The van der Waals surface area contributed by atoms with Crippen molar-refractivity contribution in [3.63, 3.8) is 0 Å². The number of amides is 2. The number of nitrogens with two attached hydrogens (primary N) is 1. The van der Waals surface area contributed by atoms with Crippen LogP contribution in [0.15, 0.2) is 18.2 Å². The molecule has 39 heavy (non-hydrogen) atoms. The summed E-state index contributed by atoms with van der Waals surface area (Å²) in [6, 6.07) is 4.64. The summed E-state index contributed by atoms with van der Waals surface area (Å²) in [6.07, 6.45) is 2.34. The molecule has 2 amide bonds. The lowest BCUT2D eigenvalue weighted by Crippen LogP contribution is -2.36. The molecule has 2 aliphatic carbocycles. The van der Waals surface area contributed by atoms with Gasteiger partial charge in [-0.15, -0.1) is 0 Å². The molecule has 2 aliphatic rings. The Kier molecular flexibility index (Phi) is 8.82. The zero-order valence-electron chi connectivity index (χ0n) is 21.9. The molecule has 1 unspecified atom stereocenters. The van der Waals surface area contributed by atoms with Crippen molar-refractivity contribution >= 4 is 23.4 Å².